The summed E-state index contributed by atoms with van der Waals surface area (Å²) in [7, 11) is 0. The number of hydrogen-bond acceptors (Lipinski definition) is 5. The molecule has 0 aliphatic carbocycles. The van der Waals surface area contributed by atoms with E-state index >= 15 is 0 Å². The van der Waals surface area contributed by atoms with Crippen LogP contribution in [-0.4, -0.2) is 16.3 Å². The highest BCUT2D eigenvalue weighted by molar-refractivity contribution is 7.21. The molecule has 9 aromatic rings. The van der Waals surface area contributed by atoms with E-state index in [1.807, 2.05) is 42.5 Å². The highest BCUT2D eigenvalue weighted by Gasteiger charge is 2.21. The molecule has 0 aliphatic rings. The summed E-state index contributed by atoms with van der Waals surface area (Å²) in [5, 5.41) is 13.8. The molecule has 0 amide bonds. The molecule has 0 bridgehead atoms. The Kier molecular flexibility index (Phi) is 8.94. The lowest BCUT2D eigenvalue weighted by atomic mass is 9.85. The third-order valence-electron chi connectivity index (χ3n) is 10.8. The largest absolute Gasteiger partial charge is 0.507 e. The van der Waals surface area contributed by atoms with Crippen molar-refractivity contribution in [2.45, 2.75) is 52.4 Å². The van der Waals surface area contributed by atoms with E-state index in [9.17, 15) is 5.11 Å². The molecule has 57 heavy (non-hydrogen) atoms. The normalized spacial score (nSPS) is 12.4. The first-order valence-electron chi connectivity index (χ1n) is 19.4. The Balaban J connectivity index is 1.18. The lowest BCUT2D eigenvalue weighted by molar-refractivity contribution is 0.473. The van der Waals surface area contributed by atoms with Gasteiger partial charge in [0.05, 0.1) is 15.9 Å². The Hall–Kier alpha value is -6.30. The number of aromatic nitrogens is 1. The quantitative estimate of drug-likeness (QED) is 0.172. The van der Waals surface area contributed by atoms with E-state index < -0.39 is 0 Å². The second kappa shape index (κ2) is 14.0. The molecule has 0 fully saturated rings. The predicted molar refractivity (Wildman–Crippen MR) is 241 cm³/mol. The van der Waals surface area contributed by atoms with Crippen molar-refractivity contribution in [2.24, 2.45) is 4.99 Å². The first-order valence-corrected chi connectivity index (χ1v) is 20.3. The van der Waals surface area contributed by atoms with Crippen molar-refractivity contribution in [2.75, 3.05) is 0 Å². The summed E-state index contributed by atoms with van der Waals surface area (Å²) in [5.41, 5.74) is 14.1. The minimum Gasteiger partial charge on any atom is -0.507 e. The van der Waals surface area contributed by atoms with Gasteiger partial charge in [-0.05, 0) is 86.7 Å². The van der Waals surface area contributed by atoms with Crippen molar-refractivity contribution in [3.05, 3.63) is 162 Å². The molecule has 0 saturated heterocycles. The molecule has 0 spiro atoms. The number of nitrogens with zero attached hydrogens (tertiary/aromatic N) is 2. The number of hydrogen-bond donors (Lipinski definition) is 1. The monoisotopic (exact) mass is 760 g/mol. The molecular weight excluding hydrogens is 717 g/mol. The van der Waals surface area contributed by atoms with E-state index in [-0.39, 0.29) is 16.6 Å². The number of aromatic hydroxyl groups is 1. The summed E-state index contributed by atoms with van der Waals surface area (Å²) in [6.07, 6.45) is 1.76. The number of para-hydroxylation sites is 3. The Morgan fingerprint density at radius 3 is 2.04 bits per heavy atom. The lowest BCUT2D eigenvalue weighted by Crippen LogP contribution is -2.11. The topological polar surface area (TPSA) is 58.6 Å². The molecule has 0 unspecified atom stereocenters. The first-order chi connectivity index (χ1) is 27.4. The van der Waals surface area contributed by atoms with Gasteiger partial charge in [-0.3, -0.25) is 4.99 Å². The zero-order chi connectivity index (χ0) is 39.5. The third-order valence-corrected chi connectivity index (χ3v) is 11.9. The second-order valence-corrected chi connectivity index (χ2v) is 17.9. The Morgan fingerprint density at radius 1 is 0.579 bits per heavy atom. The maximum atomic E-state index is 10.7. The van der Waals surface area contributed by atoms with Crippen LogP contribution < -0.4 is 0 Å². The molecule has 0 atom stereocenters. The fourth-order valence-electron chi connectivity index (χ4n) is 7.53. The fourth-order valence-corrected chi connectivity index (χ4v) is 8.59. The van der Waals surface area contributed by atoms with Gasteiger partial charge in [0, 0.05) is 39.2 Å². The van der Waals surface area contributed by atoms with Crippen molar-refractivity contribution < 1.29 is 9.52 Å². The van der Waals surface area contributed by atoms with Crippen molar-refractivity contribution in [3.8, 4) is 49.7 Å². The van der Waals surface area contributed by atoms with Gasteiger partial charge in [-0.15, -0.1) is 11.3 Å². The molecule has 2 aromatic heterocycles. The van der Waals surface area contributed by atoms with Gasteiger partial charge in [0.15, 0.2) is 0 Å². The summed E-state index contributed by atoms with van der Waals surface area (Å²) in [6.45, 7) is 13.3. The molecule has 280 valence electrons. The Morgan fingerprint density at radius 2 is 1.25 bits per heavy atom. The van der Waals surface area contributed by atoms with E-state index in [2.05, 4.69) is 139 Å². The van der Waals surface area contributed by atoms with Gasteiger partial charge in [0.25, 0.3) is 0 Å². The highest BCUT2D eigenvalue weighted by Crippen LogP contribution is 2.44. The molecule has 0 radical (unpaired) electrons. The number of fused-ring (bicyclic) bond motifs is 4. The minimum atomic E-state index is -0.0570. The summed E-state index contributed by atoms with van der Waals surface area (Å²) < 4.78 is 7.66. The summed E-state index contributed by atoms with van der Waals surface area (Å²) in [4.78, 5) is 10.3. The highest BCUT2D eigenvalue weighted by atomic mass is 32.1. The summed E-state index contributed by atoms with van der Waals surface area (Å²) in [5.74, 6) is 0.201. The van der Waals surface area contributed by atoms with Crippen LogP contribution in [0.15, 0.2) is 155 Å². The molecule has 4 nitrogen and oxygen atoms in total. The molecule has 9 rings (SSSR count). The number of thiazole rings is 1. The standard InChI is InChI=1S/C52H44N2O2S/c1-51(2,3)37-14-11-13-34(27-37)32-21-23-33(24-22-32)35-29-43(41-18-12-17-40-39-15-8-10-20-46(39)56-49(40)41)48-47(30-35)57-50(54-48)42-16-7-9-19-44(42)53-31-36-28-38(52(4,5)6)25-26-45(36)55/h7-31,55H,1-6H3. The fraction of sp³-hybridized carbons (Fsp3) is 0.154. The van der Waals surface area contributed by atoms with Crippen molar-refractivity contribution in [1.29, 1.82) is 0 Å². The molecule has 1 N–H and O–H groups in total. The van der Waals surface area contributed by atoms with Crippen LogP contribution in [-0.2, 0) is 10.8 Å². The van der Waals surface area contributed by atoms with Crippen LogP contribution in [0.1, 0.15) is 58.2 Å². The zero-order valence-electron chi connectivity index (χ0n) is 33.1. The van der Waals surface area contributed by atoms with Gasteiger partial charge >= 0.3 is 0 Å². The van der Waals surface area contributed by atoms with Gasteiger partial charge in [-0.2, -0.15) is 0 Å². The maximum absolute atomic E-state index is 10.7. The van der Waals surface area contributed by atoms with Crippen molar-refractivity contribution >= 4 is 55.4 Å². The van der Waals surface area contributed by atoms with Crippen molar-refractivity contribution in [3.63, 3.8) is 0 Å². The molecule has 0 saturated carbocycles. The Bertz CT molecular complexity index is 2990. The van der Waals surface area contributed by atoms with E-state index in [4.69, 9.17) is 14.4 Å². The zero-order valence-corrected chi connectivity index (χ0v) is 33.9. The van der Waals surface area contributed by atoms with E-state index in [0.717, 1.165) is 76.2 Å². The average Bonchev–Trinajstić information content (AvgIpc) is 3.82. The van der Waals surface area contributed by atoms with Crippen LogP contribution in [0.25, 0.3) is 76.1 Å². The predicted octanol–water partition coefficient (Wildman–Crippen LogP) is 14.9. The second-order valence-electron chi connectivity index (χ2n) is 16.9. The van der Waals surface area contributed by atoms with E-state index in [0.29, 0.717) is 5.56 Å². The number of phenols is 1. The van der Waals surface area contributed by atoms with E-state index in [1.54, 1.807) is 23.6 Å². The minimum absolute atomic E-state index is 0.0570. The average molecular weight is 761 g/mol. The SMILES string of the molecule is CC(C)(C)c1cccc(-c2ccc(-c3cc(-c4cccc5c4oc4ccccc45)c4nc(-c5ccccc5N=Cc5cc(C(C)(C)C)ccc5O)sc4c3)cc2)c1. The number of furan rings is 1. The molecule has 0 aliphatic heterocycles. The first kappa shape index (κ1) is 36.3. The lowest BCUT2D eigenvalue weighted by Gasteiger charge is -2.20. The van der Waals surface area contributed by atoms with Crippen LogP contribution in [0.3, 0.4) is 0 Å². The van der Waals surface area contributed by atoms with Gasteiger partial charge < -0.3 is 9.52 Å². The summed E-state index contributed by atoms with van der Waals surface area (Å²) in [6, 6.07) is 50.7. The number of benzene rings is 7. The molecular formula is C52H44N2O2S. The van der Waals surface area contributed by atoms with Crippen LogP contribution in [0.2, 0.25) is 0 Å². The van der Waals surface area contributed by atoms with Crippen LogP contribution in [0.4, 0.5) is 5.69 Å². The van der Waals surface area contributed by atoms with Gasteiger partial charge in [-0.1, -0.05) is 145 Å². The molecule has 2 heterocycles. The van der Waals surface area contributed by atoms with Gasteiger partial charge in [-0.25, -0.2) is 4.98 Å². The van der Waals surface area contributed by atoms with Crippen LogP contribution in [0, 0.1) is 0 Å². The third kappa shape index (κ3) is 6.93. The number of rotatable bonds is 6. The maximum Gasteiger partial charge on any atom is 0.143 e. The number of aliphatic imine (C=N–C) groups is 1. The van der Waals surface area contributed by atoms with Gasteiger partial charge in [0.2, 0.25) is 0 Å². The van der Waals surface area contributed by atoms with Crippen LogP contribution in [0.5, 0.6) is 5.75 Å². The van der Waals surface area contributed by atoms with Gasteiger partial charge in [0.1, 0.15) is 21.9 Å². The van der Waals surface area contributed by atoms with E-state index in [1.165, 1.54) is 16.7 Å². The Labute approximate surface area is 337 Å². The van der Waals surface area contributed by atoms with Crippen molar-refractivity contribution in [1.82, 2.24) is 4.98 Å². The molecule has 7 aromatic carbocycles. The summed E-state index contributed by atoms with van der Waals surface area (Å²) >= 11 is 1.66. The number of phenolic OH excluding ortho intramolecular Hbond substituents is 1. The smallest absolute Gasteiger partial charge is 0.143 e. The molecule has 5 heteroatoms. The van der Waals surface area contributed by atoms with Crippen LogP contribution >= 0.6 is 11.3 Å².